The molecule has 0 bridgehead atoms. The Kier molecular flexibility index (Phi) is 6.62. The molecule has 1 unspecified atom stereocenters. The summed E-state index contributed by atoms with van der Waals surface area (Å²) in [5.74, 6) is 1.07. The lowest BCUT2D eigenvalue weighted by molar-refractivity contribution is -0.120. The van der Waals surface area contributed by atoms with Crippen LogP contribution in [0.3, 0.4) is 0 Å². The summed E-state index contributed by atoms with van der Waals surface area (Å²) in [5.41, 5.74) is 0.994. The van der Waals surface area contributed by atoms with Gasteiger partial charge in [-0.15, -0.1) is 0 Å². The number of halogens is 1. The third-order valence-corrected chi connectivity index (χ3v) is 5.90. The van der Waals surface area contributed by atoms with Gasteiger partial charge in [-0.2, -0.15) is 0 Å². The minimum absolute atomic E-state index is 0.189. The topological polar surface area (TPSA) is 94.2 Å². The molecule has 2 aromatic rings. The van der Waals surface area contributed by atoms with E-state index in [-0.39, 0.29) is 17.5 Å². The molecule has 1 aliphatic heterocycles. The Morgan fingerprint density at radius 1 is 1.20 bits per heavy atom. The number of benzene rings is 2. The second-order valence-electron chi connectivity index (χ2n) is 6.78. The van der Waals surface area contributed by atoms with E-state index in [4.69, 9.17) is 25.8 Å². The van der Waals surface area contributed by atoms with E-state index in [0.717, 1.165) is 16.1 Å². The van der Waals surface area contributed by atoms with E-state index in [1.807, 2.05) is 6.07 Å². The first-order chi connectivity index (χ1) is 14.2. The van der Waals surface area contributed by atoms with Crippen molar-refractivity contribution in [3.05, 3.63) is 47.0 Å². The molecular weight excluding hydrogens is 432 g/mol. The maximum atomic E-state index is 12.7. The van der Waals surface area contributed by atoms with Gasteiger partial charge in [-0.25, -0.2) is 8.42 Å². The summed E-state index contributed by atoms with van der Waals surface area (Å²) in [5, 5.41) is 3.14. The Bertz CT molecular complexity index is 1040. The summed E-state index contributed by atoms with van der Waals surface area (Å²) in [6.07, 6.45) is 1.02. The molecule has 0 spiro atoms. The van der Waals surface area contributed by atoms with Gasteiger partial charge in [-0.05, 0) is 42.8 Å². The van der Waals surface area contributed by atoms with Crippen molar-refractivity contribution in [2.24, 2.45) is 0 Å². The number of nitrogens with one attached hydrogen (secondary N) is 1. The highest BCUT2D eigenvalue weighted by Crippen LogP contribution is 2.34. The van der Waals surface area contributed by atoms with Gasteiger partial charge in [0.25, 0.3) is 0 Å². The van der Waals surface area contributed by atoms with Gasteiger partial charge in [0.2, 0.25) is 15.9 Å². The molecule has 1 heterocycles. The number of rotatable bonds is 7. The van der Waals surface area contributed by atoms with E-state index < -0.39 is 22.5 Å². The molecule has 10 heteroatoms. The van der Waals surface area contributed by atoms with Gasteiger partial charge in [0.15, 0.2) is 11.5 Å². The van der Waals surface area contributed by atoms with Crippen LogP contribution >= 0.6 is 11.6 Å². The van der Waals surface area contributed by atoms with E-state index in [1.165, 1.54) is 13.2 Å². The molecule has 0 saturated carbocycles. The number of carbonyl (C=O) groups excluding carboxylic acids is 1. The van der Waals surface area contributed by atoms with Crippen LogP contribution in [0.15, 0.2) is 36.4 Å². The molecule has 3 rings (SSSR count). The number of sulfonamides is 1. The number of nitrogens with zero attached hydrogens (tertiary/aromatic N) is 1. The van der Waals surface area contributed by atoms with Crippen LogP contribution in [0.5, 0.6) is 17.2 Å². The highest BCUT2D eigenvalue weighted by Gasteiger charge is 2.25. The molecule has 1 amide bonds. The fourth-order valence-corrected chi connectivity index (χ4v) is 4.09. The van der Waals surface area contributed by atoms with Gasteiger partial charge >= 0.3 is 0 Å². The normalized spacial score (nSPS) is 14.0. The molecule has 1 atom stereocenters. The monoisotopic (exact) mass is 454 g/mol. The van der Waals surface area contributed by atoms with Gasteiger partial charge in [0, 0.05) is 5.02 Å². The number of hydrogen-bond acceptors (Lipinski definition) is 6. The average molecular weight is 455 g/mol. The largest absolute Gasteiger partial charge is 0.495 e. The highest BCUT2D eigenvalue weighted by molar-refractivity contribution is 7.92. The third-order valence-electron chi connectivity index (χ3n) is 4.54. The summed E-state index contributed by atoms with van der Waals surface area (Å²) in [7, 11) is -2.36. The number of carbonyl (C=O) groups is 1. The van der Waals surface area contributed by atoms with Gasteiger partial charge < -0.3 is 19.5 Å². The molecular formula is C20H23ClN2O6S. The van der Waals surface area contributed by atoms with E-state index in [2.05, 4.69) is 5.32 Å². The van der Waals surface area contributed by atoms with Crippen LogP contribution in [-0.4, -0.2) is 47.4 Å². The van der Waals surface area contributed by atoms with Crippen LogP contribution in [0.1, 0.15) is 18.5 Å². The second-order valence-corrected chi connectivity index (χ2v) is 9.12. The quantitative estimate of drug-likeness (QED) is 0.691. The Morgan fingerprint density at radius 2 is 1.90 bits per heavy atom. The smallest absolute Gasteiger partial charge is 0.241 e. The Morgan fingerprint density at radius 3 is 2.57 bits per heavy atom. The van der Waals surface area contributed by atoms with Crippen molar-refractivity contribution in [2.45, 2.75) is 13.0 Å². The zero-order valence-electron chi connectivity index (χ0n) is 16.8. The first-order valence-corrected chi connectivity index (χ1v) is 11.4. The molecule has 1 aliphatic rings. The molecule has 8 nitrogen and oxygen atoms in total. The first kappa shape index (κ1) is 22.0. The average Bonchev–Trinajstić information content (AvgIpc) is 2.70. The SMILES string of the molecule is COc1ccc(Cl)cc1N(CC(=O)NC(C)c1ccc2c(c1)OCCO2)S(C)(=O)=O. The summed E-state index contributed by atoms with van der Waals surface area (Å²) in [4.78, 5) is 12.7. The van der Waals surface area contributed by atoms with E-state index in [1.54, 1.807) is 31.2 Å². The zero-order valence-corrected chi connectivity index (χ0v) is 18.4. The molecule has 0 fully saturated rings. The fraction of sp³-hybridized carbons (Fsp3) is 0.350. The molecule has 0 saturated heterocycles. The molecule has 162 valence electrons. The highest BCUT2D eigenvalue weighted by atomic mass is 35.5. The Labute approximate surface area is 180 Å². The molecule has 2 aromatic carbocycles. The van der Waals surface area contributed by atoms with Crippen LogP contribution in [0.4, 0.5) is 5.69 Å². The van der Waals surface area contributed by atoms with Crippen LogP contribution in [0.2, 0.25) is 5.02 Å². The summed E-state index contributed by atoms with van der Waals surface area (Å²) in [6, 6.07) is 9.60. The molecule has 1 N–H and O–H groups in total. The summed E-state index contributed by atoms with van der Waals surface area (Å²) < 4.78 is 42.0. The number of anilines is 1. The maximum absolute atomic E-state index is 12.7. The second kappa shape index (κ2) is 9.01. The van der Waals surface area contributed by atoms with E-state index in [0.29, 0.717) is 29.7 Å². The van der Waals surface area contributed by atoms with Crippen molar-refractivity contribution in [1.82, 2.24) is 5.32 Å². The molecule has 0 aromatic heterocycles. The minimum Gasteiger partial charge on any atom is -0.495 e. The van der Waals surface area contributed by atoms with Gasteiger partial charge in [-0.1, -0.05) is 17.7 Å². The molecule has 30 heavy (non-hydrogen) atoms. The number of ether oxygens (including phenoxy) is 3. The molecule has 0 aliphatic carbocycles. The number of amides is 1. The lowest BCUT2D eigenvalue weighted by atomic mass is 10.1. The van der Waals surface area contributed by atoms with Crippen LogP contribution in [0.25, 0.3) is 0 Å². The van der Waals surface area contributed by atoms with Gasteiger partial charge in [-0.3, -0.25) is 9.10 Å². The number of methoxy groups -OCH3 is 1. The lowest BCUT2D eigenvalue weighted by Crippen LogP contribution is -2.41. The summed E-state index contributed by atoms with van der Waals surface area (Å²) >= 11 is 6.03. The van der Waals surface area contributed by atoms with Crippen LogP contribution in [-0.2, 0) is 14.8 Å². The minimum atomic E-state index is -3.78. The predicted molar refractivity (Wildman–Crippen MR) is 114 cm³/mol. The Balaban J connectivity index is 1.78. The van der Waals surface area contributed by atoms with E-state index in [9.17, 15) is 13.2 Å². The van der Waals surface area contributed by atoms with Crippen molar-refractivity contribution in [2.75, 3.05) is 37.4 Å². The van der Waals surface area contributed by atoms with Gasteiger partial charge in [0.1, 0.15) is 25.5 Å². The fourth-order valence-electron chi connectivity index (χ4n) is 3.07. The van der Waals surface area contributed by atoms with Crippen molar-refractivity contribution < 1.29 is 27.4 Å². The number of hydrogen-bond donors (Lipinski definition) is 1. The lowest BCUT2D eigenvalue weighted by Gasteiger charge is -2.25. The van der Waals surface area contributed by atoms with Crippen molar-refractivity contribution >= 4 is 33.2 Å². The van der Waals surface area contributed by atoms with E-state index >= 15 is 0 Å². The predicted octanol–water partition coefficient (Wildman–Crippen LogP) is 2.76. The maximum Gasteiger partial charge on any atom is 0.241 e. The van der Waals surface area contributed by atoms with Crippen LogP contribution in [0, 0.1) is 0 Å². The van der Waals surface area contributed by atoms with Crippen molar-refractivity contribution in [1.29, 1.82) is 0 Å². The Hall–Kier alpha value is -2.65. The van der Waals surface area contributed by atoms with Crippen molar-refractivity contribution in [3.63, 3.8) is 0 Å². The molecule has 0 radical (unpaired) electrons. The standard InChI is InChI=1S/C20H23ClN2O6S/c1-13(14-4-6-18-19(10-14)29-9-8-28-18)22-20(24)12-23(30(3,25)26)16-11-15(21)5-7-17(16)27-2/h4-7,10-11,13H,8-9,12H2,1-3H3,(H,22,24). The third kappa shape index (κ3) is 5.09. The first-order valence-electron chi connectivity index (χ1n) is 9.19. The zero-order chi connectivity index (χ0) is 21.9. The summed E-state index contributed by atoms with van der Waals surface area (Å²) in [6.45, 7) is 2.33. The number of fused-ring (bicyclic) bond motifs is 1. The van der Waals surface area contributed by atoms with Crippen LogP contribution < -0.4 is 23.8 Å². The van der Waals surface area contributed by atoms with Crippen molar-refractivity contribution in [3.8, 4) is 17.2 Å². The van der Waals surface area contributed by atoms with Gasteiger partial charge in [0.05, 0.1) is 25.1 Å².